The van der Waals surface area contributed by atoms with Gasteiger partial charge in [0.1, 0.15) is 17.5 Å². The van der Waals surface area contributed by atoms with Crippen molar-refractivity contribution in [3.05, 3.63) is 65.9 Å². The molecule has 0 saturated carbocycles. The third-order valence-electron chi connectivity index (χ3n) is 4.24. The van der Waals surface area contributed by atoms with Crippen LogP contribution in [-0.4, -0.2) is 38.5 Å². The van der Waals surface area contributed by atoms with Crippen LogP contribution in [-0.2, 0) is 22.1 Å². The highest BCUT2D eigenvalue weighted by atomic mass is 32.2. The zero-order chi connectivity index (χ0) is 18.9. The van der Waals surface area contributed by atoms with E-state index in [4.69, 9.17) is 0 Å². The molecule has 0 aliphatic carbocycles. The van der Waals surface area contributed by atoms with Gasteiger partial charge >= 0.3 is 0 Å². The van der Waals surface area contributed by atoms with Crippen LogP contribution in [0.15, 0.2) is 53.6 Å². The zero-order valence-electron chi connectivity index (χ0n) is 14.6. The van der Waals surface area contributed by atoms with E-state index in [1.165, 1.54) is 24.3 Å². The molecule has 26 heavy (non-hydrogen) atoms. The number of hydrogen-bond donors (Lipinski definition) is 0. The fourth-order valence-electron chi connectivity index (χ4n) is 2.89. The van der Waals surface area contributed by atoms with Gasteiger partial charge in [0, 0.05) is 23.6 Å². The van der Waals surface area contributed by atoms with E-state index in [0.29, 0.717) is 17.3 Å². The summed E-state index contributed by atoms with van der Waals surface area (Å²) in [5.74, 6) is -1.14. The Morgan fingerprint density at radius 1 is 1.00 bits per heavy atom. The fraction of sp³-hybridized carbons (Fsp3) is 0.263. The highest BCUT2D eigenvalue weighted by Gasteiger charge is 2.18. The van der Waals surface area contributed by atoms with Gasteiger partial charge in [0.2, 0.25) is 0 Å². The van der Waals surface area contributed by atoms with Gasteiger partial charge in [-0.05, 0) is 68.5 Å². The molecule has 0 aliphatic rings. The van der Waals surface area contributed by atoms with Crippen molar-refractivity contribution < 1.29 is 17.2 Å². The average Bonchev–Trinajstić information content (AvgIpc) is 2.89. The summed E-state index contributed by atoms with van der Waals surface area (Å²) in [6, 6.07) is 9.09. The van der Waals surface area contributed by atoms with Gasteiger partial charge < -0.3 is 9.47 Å². The van der Waals surface area contributed by atoms with Gasteiger partial charge in [-0.25, -0.2) is 17.2 Å². The van der Waals surface area contributed by atoms with Gasteiger partial charge in [-0.15, -0.1) is 0 Å². The molecule has 0 atom stereocenters. The third kappa shape index (κ3) is 3.94. The lowest BCUT2D eigenvalue weighted by molar-refractivity contribution is 0.414. The molecule has 3 rings (SSSR count). The van der Waals surface area contributed by atoms with E-state index < -0.39 is 15.7 Å². The number of nitrogens with zero attached hydrogens (tertiary/aromatic N) is 2. The van der Waals surface area contributed by atoms with Gasteiger partial charge in [-0.3, -0.25) is 0 Å². The van der Waals surface area contributed by atoms with Gasteiger partial charge in [0.15, 0.2) is 9.84 Å². The van der Waals surface area contributed by atoms with Crippen LogP contribution < -0.4 is 0 Å². The first-order chi connectivity index (χ1) is 12.3. The number of likely N-dealkylation sites (N-methyl/N-ethyl adjacent to an activating group) is 1. The van der Waals surface area contributed by atoms with Crippen LogP contribution in [0.2, 0.25) is 0 Å². The molecule has 2 aromatic carbocycles. The van der Waals surface area contributed by atoms with E-state index in [-0.39, 0.29) is 16.6 Å². The molecule has 138 valence electrons. The first kappa shape index (κ1) is 18.5. The number of aromatic nitrogens is 1. The van der Waals surface area contributed by atoms with Crippen molar-refractivity contribution in [1.82, 2.24) is 9.47 Å². The first-order valence-corrected chi connectivity index (χ1v) is 9.82. The highest BCUT2D eigenvalue weighted by molar-refractivity contribution is 7.90. The molecule has 0 aliphatic heterocycles. The molecule has 0 radical (unpaired) electrons. The van der Waals surface area contributed by atoms with E-state index in [2.05, 4.69) is 0 Å². The Morgan fingerprint density at radius 2 is 1.65 bits per heavy atom. The Bertz CT molecular complexity index is 1030. The number of benzene rings is 2. The molecule has 0 amide bonds. The van der Waals surface area contributed by atoms with Gasteiger partial charge in [-0.2, -0.15) is 0 Å². The first-order valence-electron chi connectivity index (χ1n) is 8.16. The van der Waals surface area contributed by atoms with Gasteiger partial charge in [0.05, 0.1) is 4.90 Å². The quantitative estimate of drug-likeness (QED) is 0.617. The minimum atomic E-state index is -3.66. The Balaban J connectivity index is 2.00. The molecule has 0 unspecified atom stereocenters. The molecule has 1 heterocycles. The van der Waals surface area contributed by atoms with Crippen molar-refractivity contribution in [3.8, 4) is 0 Å². The molecule has 3 aromatic rings. The second-order valence-electron chi connectivity index (χ2n) is 6.54. The maximum absolute atomic E-state index is 13.7. The molecule has 7 heteroatoms. The fourth-order valence-corrected chi connectivity index (χ4v) is 4.17. The zero-order valence-corrected chi connectivity index (χ0v) is 15.4. The third-order valence-corrected chi connectivity index (χ3v) is 5.84. The van der Waals surface area contributed by atoms with E-state index in [0.717, 1.165) is 24.2 Å². The maximum Gasteiger partial charge on any atom is 0.196 e. The average molecular weight is 378 g/mol. The normalized spacial score (nSPS) is 12.2. The topological polar surface area (TPSA) is 42.3 Å². The van der Waals surface area contributed by atoms with Crippen LogP contribution in [0.5, 0.6) is 0 Å². The summed E-state index contributed by atoms with van der Waals surface area (Å²) in [6.45, 7) is 0.764. The van der Waals surface area contributed by atoms with Crippen LogP contribution in [0.4, 0.5) is 8.78 Å². The Labute approximate surface area is 151 Å². The molecular formula is C19H20F2N2O2S. The summed E-state index contributed by atoms with van der Waals surface area (Å²) in [5.41, 5.74) is 1.55. The maximum atomic E-state index is 13.7. The Kier molecular flexibility index (Phi) is 5.11. The summed E-state index contributed by atoms with van der Waals surface area (Å²) >= 11 is 0. The van der Waals surface area contributed by atoms with Crippen molar-refractivity contribution in [3.63, 3.8) is 0 Å². The van der Waals surface area contributed by atoms with Crippen molar-refractivity contribution >= 4 is 20.7 Å². The molecule has 0 fully saturated rings. The molecule has 0 N–H and O–H groups in total. The lowest BCUT2D eigenvalue weighted by Gasteiger charge is -2.08. The molecule has 0 spiro atoms. The number of rotatable bonds is 6. The van der Waals surface area contributed by atoms with Crippen molar-refractivity contribution in [2.45, 2.75) is 17.2 Å². The van der Waals surface area contributed by atoms with E-state index in [1.54, 1.807) is 16.8 Å². The van der Waals surface area contributed by atoms with Crippen LogP contribution >= 0.6 is 0 Å². The number of hydrogen-bond acceptors (Lipinski definition) is 3. The molecular weight excluding hydrogens is 358 g/mol. The van der Waals surface area contributed by atoms with Crippen LogP contribution in [0.25, 0.3) is 10.9 Å². The standard InChI is InChI=1S/C19H20F2N2O2S/c1-22(2)10-9-14-12-23(19-8-5-16(21)11-18(14)19)13-26(24,25)17-6-3-15(20)4-7-17/h3-8,11-12H,9-10,13H2,1-2H3. The number of sulfone groups is 1. The second kappa shape index (κ2) is 7.17. The monoisotopic (exact) mass is 378 g/mol. The van der Waals surface area contributed by atoms with Crippen LogP contribution in [0, 0.1) is 11.6 Å². The molecule has 4 nitrogen and oxygen atoms in total. The summed E-state index contributed by atoms with van der Waals surface area (Å²) in [6.07, 6.45) is 2.44. The largest absolute Gasteiger partial charge is 0.332 e. The van der Waals surface area contributed by atoms with Crippen molar-refractivity contribution in [2.75, 3.05) is 20.6 Å². The number of fused-ring (bicyclic) bond motifs is 1. The summed E-state index contributed by atoms with van der Waals surface area (Å²) in [5, 5.41) is 0.709. The SMILES string of the molecule is CN(C)CCc1cn(CS(=O)(=O)c2ccc(F)cc2)c2ccc(F)cc12. The Morgan fingerprint density at radius 3 is 2.31 bits per heavy atom. The van der Waals surface area contributed by atoms with Gasteiger partial charge in [0.25, 0.3) is 0 Å². The van der Waals surface area contributed by atoms with E-state index in [9.17, 15) is 17.2 Å². The summed E-state index contributed by atoms with van der Waals surface area (Å²) < 4.78 is 53.7. The predicted molar refractivity (Wildman–Crippen MR) is 97.7 cm³/mol. The van der Waals surface area contributed by atoms with Crippen molar-refractivity contribution in [2.24, 2.45) is 0 Å². The lowest BCUT2D eigenvalue weighted by Crippen LogP contribution is -2.15. The lowest BCUT2D eigenvalue weighted by atomic mass is 10.1. The Hall–Kier alpha value is -2.25. The minimum Gasteiger partial charge on any atom is -0.332 e. The second-order valence-corrected chi connectivity index (χ2v) is 8.50. The smallest absolute Gasteiger partial charge is 0.196 e. The summed E-state index contributed by atoms with van der Waals surface area (Å²) in [4.78, 5) is 2.07. The molecule has 1 aromatic heterocycles. The van der Waals surface area contributed by atoms with E-state index in [1.807, 2.05) is 19.0 Å². The van der Waals surface area contributed by atoms with Crippen LogP contribution in [0.1, 0.15) is 5.56 Å². The highest BCUT2D eigenvalue weighted by Crippen LogP contribution is 2.25. The number of halogens is 2. The van der Waals surface area contributed by atoms with Crippen molar-refractivity contribution in [1.29, 1.82) is 0 Å². The van der Waals surface area contributed by atoms with E-state index >= 15 is 0 Å². The predicted octanol–water partition coefficient (Wildman–Crippen LogP) is 3.46. The summed E-state index contributed by atoms with van der Waals surface area (Å²) in [7, 11) is 0.229. The minimum absolute atomic E-state index is 0.0534. The van der Waals surface area contributed by atoms with Gasteiger partial charge in [-0.1, -0.05) is 0 Å². The molecule has 0 saturated heterocycles. The molecule has 0 bridgehead atoms. The van der Waals surface area contributed by atoms with Crippen LogP contribution in [0.3, 0.4) is 0 Å².